The Hall–Kier alpha value is -1.63. The maximum Gasteiger partial charge on any atom is 0.416 e. The highest BCUT2D eigenvalue weighted by Gasteiger charge is 2.31. The van der Waals surface area contributed by atoms with Gasteiger partial charge in [-0.3, -0.25) is 4.79 Å². The van der Waals surface area contributed by atoms with E-state index in [0.29, 0.717) is 6.07 Å². The summed E-state index contributed by atoms with van der Waals surface area (Å²) in [5.41, 5.74) is -1.67. The van der Waals surface area contributed by atoms with Crippen LogP contribution in [0.4, 0.5) is 17.6 Å². The molecular formula is C10H8F4O3. The van der Waals surface area contributed by atoms with E-state index in [9.17, 15) is 27.5 Å². The van der Waals surface area contributed by atoms with Crippen molar-refractivity contribution in [2.24, 2.45) is 0 Å². The Morgan fingerprint density at radius 2 is 1.94 bits per heavy atom. The standard InChI is InChI=1S/C10H8F4O3/c11-7-3-5(10(12,13)14)1-2-6(7)8(15)4-9(16)17/h1-3,8,15H,4H2,(H,16,17). The number of aliphatic hydroxyl groups excluding tert-OH is 1. The van der Waals surface area contributed by atoms with Crippen LogP contribution in [0.25, 0.3) is 0 Å². The number of benzene rings is 1. The van der Waals surface area contributed by atoms with Gasteiger partial charge in [0, 0.05) is 5.56 Å². The molecule has 1 atom stereocenters. The molecule has 0 aliphatic rings. The summed E-state index contributed by atoms with van der Waals surface area (Å²) in [7, 11) is 0. The molecule has 2 N–H and O–H groups in total. The van der Waals surface area contributed by atoms with E-state index in [1.54, 1.807) is 0 Å². The third kappa shape index (κ3) is 3.42. The maximum atomic E-state index is 13.2. The Kier molecular flexibility index (Phi) is 3.72. The molecule has 0 spiro atoms. The van der Waals surface area contributed by atoms with Gasteiger partial charge in [-0.05, 0) is 12.1 Å². The predicted molar refractivity (Wildman–Crippen MR) is 48.6 cm³/mol. The Morgan fingerprint density at radius 3 is 2.35 bits per heavy atom. The first-order valence-electron chi connectivity index (χ1n) is 4.48. The zero-order valence-corrected chi connectivity index (χ0v) is 8.33. The highest BCUT2D eigenvalue weighted by molar-refractivity contribution is 5.67. The molecule has 94 valence electrons. The number of carbonyl (C=O) groups is 1. The number of alkyl halides is 3. The highest BCUT2D eigenvalue weighted by Crippen LogP contribution is 2.31. The van der Waals surface area contributed by atoms with E-state index in [0.717, 1.165) is 6.07 Å². The molecule has 0 fully saturated rings. The second kappa shape index (κ2) is 4.70. The Morgan fingerprint density at radius 1 is 1.35 bits per heavy atom. The summed E-state index contributed by atoms with van der Waals surface area (Å²) in [4.78, 5) is 10.3. The molecule has 3 nitrogen and oxygen atoms in total. The lowest BCUT2D eigenvalue weighted by Gasteiger charge is -2.12. The van der Waals surface area contributed by atoms with Crippen LogP contribution in [-0.4, -0.2) is 16.2 Å². The lowest BCUT2D eigenvalue weighted by molar-refractivity contribution is -0.140. The van der Waals surface area contributed by atoms with Gasteiger partial charge in [-0.25, -0.2) is 4.39 Å². The molecule has 0 aliphatic carbocycles. The van der Waals surface area contributed by atoms with Crippen molar-refractivity contribution in [3.63, 3.8) is 0 Å². The second-order valence-corrected chi connectivity index (χ2v) is 3.35. The number of hydrogen-bond acceptors (Lipinski definition) is 2. The van der Waals surface area contributed by atoms with Crippen LogP contribution >= 0.6 is 0 Å². The van der Waals surface area contributed by atoms with Gasteiger partial charge in [0.05, 0.1) is 18.1 Å². The molecule has 17 heavy (non-hydrogen) atoms. The number of carboxylic acid groups (broad SMARTS) is 1. The smallest absolute Gasteiger partial charge is 0.416 e. The number of rotatable bonds is 3. The Bertz CT molecular complexity index is 428. The number of halogens is 4. The SMILES string of the molecule is O=C(O)CC(O)c1ccc(C(F)(F)F)cc1F. The number of hydrogen-bond donors (Lipinski definition) is 2. The van der Waals surface area contributed by atoms with Crippen molar-refractivity contribution >= 4 is 5.97 Å². The average Bonchev–Trinajstić information content (AvgIpc) is 2.14. The molecular weight excluding hydrogens is 244 g/mol. The van der Waals surface area contributed by atoms with E-state index in [2.05, 4.69) is 0 Å². The molecule has 1 rings (SSSR count). The first-order valence-corrected chi connectivity index (χ1v) is 4.48. The molecule has 0 heterocycles. The summed E-state index contributed by atoms with van der Waals surface area (Å²) in [6, 6.07) is 1.54. The summed E-state index contributed by atoms with van der Waals surface area (Å²) >= 11 is 0. The van der Waals surface area contributed by atoms with Crippen LogP contribution < -0.4 is 0 Å². The van der Waals surface area contributed by atoms with Crippen molar-refractivity contribution in [3.05, 3.63) is 35.1 Å². The van der Waals surface area contributed by atoms with E-state index in [1.807, 2.05) is 0 Å². The molecule has 1 aromatic rings. The molecule has 0 aromatic heterocycles. The van der Waals surface area contributed by atoms with Crippen molar-refractivity contribution < 1.29 is 32.6 Å². The topological polar surface area (TPSA) is 57.5 Å². The van der Waals surface area contributed by atoms with Gasteiger partial charge >= 0.3 is 12.1 Å². The Labute approximate surface area is 93.3 Å². The highest BCUT2D eigenvalue weighted by atomic mass is 19.4. The van der Waals surface area contributed by atoms with Crippen molar-refractivity contribution in [1.29, 1.82) is 0 Å². The van der Waals surface area contributed by atoms with E-state index >= 15 is 0 Å². The zero-order chi connectivity index (χ0) is 13.2. The van der Waals surface area contributed by atoms with Crippen LogP contribution in [0.1, 0.15) is 23.7 Å². The molecule has 1 unspecified atom stereocenters. The van der Waals surface area contributed by atoms with Crippen LogP contribution in [0, 0.1) is 5.82 Å². The number of aliphatic carboxylic acids is 1. The van der Waals surface area contributed by atoms with Crippen molar-refractivity contribution in [2.75, 3.05) is 0 Å². The van der Waals surface area contributed by atoms with Gasteiger partial charge in [0.1, 0.15) is 5.82 Å². The van der Waals surface area contributed by atoms with Crippen molar-refractivity contribution in [3.8, 4) is 0 Å². The van der Waals surface area contributed by atoms with Gasteiger partial charge in [0.2, 0.25) is 0 Å². The fourth-order valence-electron chi connectivity index (χ4n) is 1.25. The lowest BCUT2D eigenvalue weighted by atomic mass is 10.0. The summed E-state index contributed by atoms with van der Waals surface area (Å²) in [6.45, 7) is 0. The van der Waals surface area contributed by atoms with Crippen LogP contribution in [0.3, 0.4) is 0 Å². The molecule has 7 heteroatoms. The molecule has 0 saturated carbocycles. The minimum atomic E-state index is -4.68. The fourth-order valence-corrected chi connectivity index (χ4v) is 1.25. The maximum absolute atomic E-state index is 13.2. The summed E-state index contributed by atoms with van der Waals surface area (Å²) in [5.74, 6) is -2.66. The monoisotopic (exact) mass is 252 g/mol. The van der Waals surface area contributed by atoms with Crippen LogP contribution in [0.2, 0.25) is 0 Å². The van der Waals surface area contributed by atoms with Gasteiger partial charge in [0.15, 0.2) is 0 Å². The summed E-state index contributed by atoms with van der Waals surface area (Å²) in [6.07, 6.45) is -7.13. The lowest BCUT2D eigenvalue weighted by Crippen LogP contribution is -2.10. The van der Waals surface area contributed by atoms with Crippen molar-refractivity contribution in [1.82, 2.24) is 0 Å². The van der Waals surface area contributed by atoms with E-state index in [-0.39, 0.29) is 6.07 Å². The average molecular weight is 252 g/mol. The van der Waals surface area contributed by atoms with E-state index < -0.39 is 41.6 Å². The van der Waals surface area contributed by atoms with E-state index in [1.165, 1.54) is 0 Å². The van der Waals surface area contributed by atoms with Gasteiger partial charge in [-0.15, -0.1) is 0 Å². The van der Waals surface area contributed by atoms with Gasteiger partial charge < -0.3 is 10.2 Å². The van der Waals surface area contributed by atoms with E-state index in [4.69, 9.17) is 5.11 Å². The molecule has 0 bridgehead atoms. The largest absolute Gasteiger partial charge is 0.481 e. The van der Waals surface area contributed by atoms with Crippen molar-refractivity contribution in [2.45, 2.75) is 18.7 Å². The third-order valence-corrected chi connectivity index (χ3v) is 2.05. The molecule has 0 saturated heterocycles. The third-order valence-electron chi connectivity index (χ3n) is 2.05. The van der Waals surface area contributed by atoms with Crippen LogP contribution in [0.5, 0.6) is 0 Å². The first kappa shape index (κ1) is 13.4. The van der Waals surface area contributed by atoms with Crippen LogP contribution in [0.15, 0.2) is 18.2 Å². The summed E-state index contributed by atoms with van der Waals surface area (Å²) in [5, 5.41) is 17.6. The summed E-state index contributed by atoms with van der Waals surface area (Å²) < 4.78 is 49.8. The van der Waals surface area contributed by atoms with Gasteiger partial charge in [-0.1, -0.05) is 6.07 Å². The fraction of sp³-hybridized carbons (Fsp3) is 0.300. The number of aliphatic hydroxyl groups is 1. The zero-order valence-electron chi connectivity index (χ0n) is 8.33. The first-order chi connectivity index (χ1) is 7.71. The Balaban J connectivity index is 3.02. The predicted octanol–water partition coefficient (Wildman–Crippen LogP) is 2.35. The number of carboxylic acids is 1. The minimum absolute atomic E-state index is 0.223. The quantitative estimate of drug-likeness (QED) is 0.812. The molecule has 0 amide bonds. The van der Waals surface area contributed by atoms with Gasteiger partial charge in [0.25, 0.3) is 0 Å². The van der Waals surface area contributed by atoms with Crippen LogP contribution in [-0.2, 0) is 11.0 Å². The molecule has 0 radical (unpaired) electrons. The molecule has 0 aliphatic heterocycles. The minimum Gasteiger partial charge on any atom is -0.481 e. The second-order valence-electron chi connectivity index (χ2n) is 3.35. The van der Waals surface area contributed by atoms with Gasteiger partial charge in [-0.2, -0.15) is 13.2 Å². The molecule has 1 aromatic carbocycles. The normalized spacial score (nSPS) is 13.5.